The number of amides is 1. The van der Waals surface area contributed by atoms with Crippen LogP contribution in [0.4, 0.5) is 4.39 Å². The summed E-state index contributed by atoms with van der Waals surface area (Å²) in [6.07, 6.45) is 3.33. The SMILES string of the molecule is NC1CCCC2CN(C(=O)c3ccccc3F)CC12. The molecule has 4 heteroatoms. The van der Waals surface area contributed by atoms with Gasteiger partial charge in [0.05, 0.1) is 5.56 Å². The zero-order valence-corrected chi connectivity index (χ0v) is 10.9. The Morgan fingerprint density at radius 1 is 1.26 bits per heavy atom. The first-order chi connectivity index (χ1) is 9.16. The van der Waals surface area contributed by atoms with Crippen LogP contribution in [0.2, 0.25) is 0 Å². The standard InChI is InChI=1S/C15H19FN2O/c16-13-6-2-1-5-11(13)15(19)18-8-10-4-3-7-14(17)12(10)9-18/h1-2,5-6,10,12,14H,3-4,7-9,17H2. The maximum Gasteiger partial charge on any atom is 0.256 e. The smallest absolute Gasteiger partial charge is 0.256 e. The Bertz CT molecular complexity index is 491. The Balaban J connectivity index is 1.78. The van der Waals surface area contributed by atoms with Gasteiger partial charge in [0.15, 0.2) is 0 Å². The molecule has 19 heavy (non-hydrogen) atoms. The molecule has 1 heterocycles. The molecule has 1 aliphatic carbocycles. The van der Waals surface area contributed by atoms with Crippen molar-refractivity contribution in [1.29, 1.82) is 0 Å². The summed E-state index contributed by atoms with van der Waals surface area (Å²) in [6.45, 7) is 1.41. The normalized spacial score (nSPS) is 30.2. The molecule has 2 N–H and O–H groups in total. The molecule has 0 aromatic heterocycles. The lowest BCUT2D eigenvalue weighted by atomic mass is 9.78. The van der Waals surface area contributed by atoms with E-state index in [1.54, 1.807) is 23.1 Å². The first kappa shape index (κ1) is 12.6. The van der Waals surface area contributed by atoms with E-state index < -0.39 is 5.82 Å². The van der Waals surface area contributed by atoms with Crippen molar-refractivity contribution in [3.63, 3.8) is 0 Å². The fraction of sp³-hybridized carbons (Fsp3) is 0.533. The molecule has 3 nitrogen and oxygen atoms in total. The van der Waals surface area contributed by atoms with E-state index in [2.05, 4.69) is 0 Å². The van der Waals surface area contributed by atoms with Crippen molar-refractivity contribution < 1.29 is 9.18 Å². The largest absolute Gasteiger partial charge is 0.338 e. The lowest BCUT2D eigenvalue weighted by molar-refractivity contribution is 0.0779. The third kappa shape index (κ3) is 2.25. The van der Waals surface area contributed by atoms with E-state index in [-0.39, 0.29) is 17.5 Å². The van der Waals surface area contributed by atoms with Gasteiger partial charge in [-0.15, -0.1) is 0 Å². The van der Waals surface area contributed by atoms with Crippen molar-refractivity contribution in [2.24, 2.45) is 17.6 Å². The van der Waals surface area contributed by atoms with E-state index in [9.17, 15) is 9.18 Å². The molecule has 3 rings (SSSR count). The molecule has 102 valence electrons. The van der Waals surface area contributed by atoms with Crippen LogP contribution in [0.15, 0.2) is 24.3 Å². The van der Waals surface area contributed by atoms with Crippen LogP contribution in [0.25, 0.3) is 0 Å². The maximum atomic E-state index is 13.7. The van der Waals surface area contributed by atoms with Gasteiger partial charge in [0.25, 0.3) is 5.91 Å². The fourth-order valence-electron chi connectivity index (χ4n) is 3.49. The van der Waals surface area contributed by atoms with Crippen LogP contribution >= 0.6 is 0 Å². The quantitative estimate of drug-likeness (QED) is 0.841. The van der Waals surface area contributed by atoms with E-state index in [1.807, 2.05) is 0 Å². The van der Waals surface area contributed by atoms with Gasteiger partial charge in [0, 0.05) is 19.1 Å². The number of nitrogens with two attached hydrogens (primary N) is 1. The van der Waals surface area contributed by atoms with Gasteiger partial charge in [0.2, 0.25) is 0 Å². The number of carbonyl (C=O) groups excluding carboxylic acids is 1. The highest BCUT2D eigenvalue weighted by Gasteiger charge is 2.40. The van der Waals surface area contributed by atoms with Crippen molar-refractivity contribution in [2.75, 3.05) is 13.1 Å². The highest BCUT2D eigenvalue weighted by atomic mass is 19.1. The van der Waals surface area contributed by atoms with Crippen molar-refractivity contribution in [3.8, 4) is 0 Å². The van der Waals surface area contributed by atoms with E-state index in [0.717, 1.165) is 25.8 Å². The Kier molecular flexibility index (Phi) is 3.27. The number of nitrogens with zero attached hydrogens (tertiary/aromatic N) is 1. The zero-order chi connectivity index (χ0) is 13.4. The predicted octanol–water partition coefficient (Wildman–Crippen LogP) is 2.03. The van der Waals surface area contributed by atoms with E-state index in [1.165, 1.54) is 6.07 Å². The molecule has 0 radical (unpaired) electrons. The van der Waals surface area contributed by atoms with Gasteiger partial charge in [-0.3, -0.25) is 4.79 Å². The number of likely N-dealkylation sites (tertiary alicyclic amines) is 1. The molecule has 2 aliphatic rings. The van der Waals surface area contributed by atoms with Gasteiger partial charge < -0.3 is 10.6 Å². The molecule has 1 saturated heterocycles. The average molecular weight is 262 g/mol. The number of benzene rings is 1. The summed E-state index contributed by atoms with van der Waals surface area (Å²) in [6, 6.07) is 6.38. The van der Waals surface area contributed by atoms with E-state index in [0.29, 0.717) is 18.4 Å². The minimum Gasteiger partial charge on any atom is -0.338 e. The van der Waals surface area contributed by atoms with Gasteiger partial charge >= 0.3 is 0 Å². The first-order valence-electron chi connectivity index (χ1n) is 6.96. The number of halogens is 1. The second kappa shape index (κ2) is 4.93. The van der Waals surface area contributed by atoms with Gasteiger partial charge in [-0.25, -0.2) is 4.39 Å². The molecule has 1 amide bonds. The van der Waals surface area contributed by atoms with Gasteiger partial charge in [-0.05, 0) is 36.8 Å². The molecule has 1 aliphatic heterocycles. The second-order valence-corrected chi connectivity index (χ2v) is 5.71. The summed E-state index contributed by atoms with van der Waals surface area (Å²) in [5.74, 6) is 0.260. The second-order valence-electron chi connectivity index (χ2n) is 5.71. The van der Waals surface area contributed by atoms with E-state index in [4.69, 9.17) is 5.73 Å². The fourth-order valence-corrected chi connectivity index (χ4v) is 3.49. The molecule has 0 spiro atoms. The Morgan fingerprint density at radius 2 is 2.05 bits per heavy atom. The van der Waals surface area contributed by atoms with Crippen LogP contribution < -0.4 is 5.73 Å². The van der Waals surface area contributed by atoms with Crippen LogP contribution in [0.1, 0.15) is 29.6 Å². The summed E-state index contributed by atoms with van der Waals surface area (Å²) < 4.78 is 13.7. The summed E-state index contributed by atoms with van der Waals surface area (Å²) in [5, 5.41) is 0. The highest BCUT2D eigenvalue weighted by molar-refractivity contribution is 5.94. The third-order valence-corrected chi connectivity index (χ3v) is 4.55. The van der Waals surface area contributed by atoms with Gasteiger partial charge in [-0.2, -0.15) is 0 Å². The topological polar surface area (TPSA) is 46.3 Å². The average Bonchev–Trinajstić information content (AvgIpc) is 2.84. The predicted molar refractivity (Wildman–Crippen MR) is 71.1 cm³/mol. The van der Waals surface area contributed by atoms with E-state index >= 15 is 0 Å². The number of rotatable bonds is 1. The summed E-state index contributed by atoms with van der Waals surface area (Å²) in [7, 11) is 0. The molecule has 2 fully saturated rings. The van der Waals surface area contributed by atoms with Crippen molar-refractivity contribution in [2.45, 2.75) is 25.3 Å². The molecule has 1 saturated carbocycles. The molecular weight excluding hydrogens is 243 g/mol. The molecule has 0 bridgehead atoms. The first-order valence-corrected chi connectivity index (χ1v) is 6.96. The van der Waals surface area contributed by atoms with Crippen molar-refractivity contribution in [1.82, 2.24) is 4.90 Å². The van der Waals surface area contributed by atoms with Gasteiger partial charge in [0.1, 0.15) is 5.82 Å². The third-order valence-electron chi connectivity index (χ3n) is 4.55. The Morgan fingerprint density at radius 3 is 2.79 bits per heavy atom. The van der Waals surface area contributed by atoms with Crippen LogP contribution in [0, 0.1) is 17.7 Å². The van der Waals surface area contributed by atoms with Crippen LogP contribution in [0.3, 0.4) is 0 Å². The number of carbonyl (C=O) groups is 1. The Labute approximate surface area is 112 Å². The monoisotopic (exact) mass is 262 g/mol. The number of hydrogen-bond donors (Lipinski definition) is 1. The van der Waals surface area contributed by atoms with Crippen molar-refractivity contribution >= 4 is 5.91 Å². The zero-order valence-electron chi connectivity index (χ0n) is 10.9. The lowest BCUT2D eigenvalue weighted by Gasteiger charge is -2.29. The van der Waals surface area contributed by atoms with Gasteiger partial charge in [-0.1, -0.05) is 18.6 Å². The summed E-state index contributed by atoms with van der Waals surface area (Å²) >= 11 is 0. The molecule has 1 aromatic carbocycles. The summed E-state index contributed by atoms with van der Waals surface area (Å²) in [4.78, 5) is 14.1. The lowest BCUT2D eigenvalue weighted by Crippen LogP contribution is -2.38. The Hall–Kier alpha value is -1.42. The maximum absolute atomic E-state index is 13.7. The number of hydrogen-bond acceptors (Lipinski definition) is 2. The van der Waals surface area contributed by atoms with Crippen LogP contribution in [0.5, 0.6) is 0 Å². The summed E-state index contributed by atoms with van der Waals surface area (Å²) in [5.41, 5.74) is 6.31. The van der Waals surface area contributed by atoms with Crippen LogP contribution in [-0.4, -0.2) is 29.9 Å². The van der Waals surface area contributed by atoms with Crippen molar-refractivity contribution in [3.05, 3.63) is 35.6 Å². The molecule has 1 aromatic rings. The van der Waals surface area contributed by atoms with Crippen LogP contribution in [-0.2, 0) is 0 Å². The molecule has 3 unspecified atom stereocenters. The highest BCUT2D eigenvalue weighted by Crippen LogP contribution is 2.36. The minimum absolute atomic E-state index is 0.176. The number of fused-ring (bicyclic) bond motifs is 1. The molecule has 3 atom stereocenters. The molecular formula is C15H19FN2O. The minimum atomic E-state index is -0.438.